The maximum atomic E-state index is 5.66. The zero-order valence-corrected chi connectivity index (χ0v) is 13.2. The number of nitrogens with one attached hydrogen (secondary N) is 1. The lowest BCUT2D eigenvalue weighted by molar-refractivity contribution is 0.360. The second kappa shape index (κ2) is 6.18. The van der Waals surface area contributed by atoms with E-state index in [9.17, 15) is 0 Å². The number of nitrogen functional groups attached to an aromatic ring is 1. The van der Waals surface area contributed by atoms with Gasteiger partial charge in [0.1, 0.15) is 17.5 Å². The first-order valence-corrected chi connectivity index (χ1v) is 8.35. The van der Waals surface area contributed by atoms with E-state index < -0.39 is 0 Å². The van der Waals surface area contributed by atoms with E-state index in [4.69, 9.17) is 10.8 Å². The molecule has 5 heteroatoms. The molecule has 21 heavy (non-hydrogen) atoms. The number of nitrogens with zero attached hydrogens (tertiary/aromatic N) is 3. The van der Waals surface area contributed by atoms with E-state index in [0.717, 1.165) is 48.3 Å². The molecule has 0 spiro atoms. The van der Waals surface area contributed by atoms with Crippen LogP contribution >= 0.6 is 0 Å². The van der Waals surface area contributed by atoms with Gasteiger partial charge in [0.2, 0.25) is 0 Å². The number of rotatable bonds is 4. The molecule has 2 unspecified atom stereocenters. The minimum atomic E-state index is 0.674. The Morgan fingerprint density at radius 1 is 1.24 bits per heavy atom. The van der Waals surface area contributed by atoms with Crippen LogP contribution in [0.4, 0.5) is 11.6 Å². The van der Waals surface area contributed by atoms with E-state index >= 15 is 0 Å². The fourth-order valence-corrected chi connectivity index (χ4v) is 4.02. The largest absolute Gasteiger partial charge is 0.353 e. The van der Waals surface area contributed by atoms with Gasteiger partial charge in [0, 0.05) is 24.6 Å². The van der Waals surface area contributed by atoms with Crippen molar-refractivity contribution in [2.24, 2.45) is 11.8 Å². The summed E-state index contributed by atoms with van der Waals surface area (Å²) in [5.74, 6) is 9.32. The first kappa shape index (κ1) is 14.6. The summed E-state index contributed by atoms with van der Waals surface area (Å²) in [4.78, 5) is 12.0. The van der Waals surface area contributed by atoms with Crippen LogP contribution in [0.5, 0.6) is 0 Å². The number of piperidine rings is 1. The van der Waals surface area contributed by atoms with Crippen LogP contribution in [0.25, 0.3) is 0 Å². The zero-order valence-electron chi connectivity index (χ0n) is 13.2. The number of nitrogens with two attached hydrogens (primary N) is 1. The third kappa shape index (κ3) is 2.71. The van der Waals surface area contributed by atoms with Crippen LogP contribution in [0.1, 0.15) is 56.8 Å². The van der Waals surface area contributed by atoms with Crippen molar-refractivity contribution >= 4 is 11.6 Å². The molecule has 116 valence electrons. The summed E-state index contributed by atoms with van der Waals surface area (Å²) >= 11 is 0. The Morgan fingerprint density at radius 3 is 2.81 bits per heavy atom. The van der Waals surface area contributed by atoms with Crippen LogP contribution in [0.15, 0.2) is 0 Å². The van der Waals surface area contributed by atoms with Gasteiger partial charge in [-0.25, -0.2) is 15.8 Å². The maximum absolute atomic E-state index is 5.66. The van der Waals surface area contributed by atoms with Crippen molar-refractivity contribution in [3.8, 4) is 0 Å². The number of aromatic nitrogens is 2. The molecule has 2 fully saturated rings. The molecule has 0 bridgehead atoms. The first-order valence-electron chi connectivity index (χ1n) is 8.35. The molecule has 1 saturated carbocycles. The fraction of sp³-hybridized carbons (Fsp3) is 0.750. The van der Waals surface area contributed by atoms with Crippen molar-refractivity contribution in [3.05, 3.63) is 11.4 Å². The third-order valence-corrected chi connectivity index (χ3v) is 5.04. The molecule has 1 aliphatic carbocycles. The minimum absolute atomic E-state index is 0.674. The number of aryl methyl sites for hydroxylation is 1. The van der Waals surface area contributed by atoms with Gasteiger partial charge in [-0.2, -0.15) is 0 Å². The third-order valence-electron chi connectivity index (χ3n) is 5.04. The van der Waals surface area contributed by atoms with E-state index in [-0.39, 0.29) is 0 Å². The van der Waals surface area contributed by atoms with Crippen LogP contribution in [0.2, 0.25) is 0 Å². The SMILES string of the molecule is CCCc1nc(NN)c(C)c(N2CCCC3CCCC32)n1. The standard InChI is InChI=1S/C16H27N5/c1-3-6-14-18-15(20-17)11(2)16(19-14)21-10-5-8-12-7-4-9-13(12)21/h12-13H,3-10,17H2,1-2H3,(H,18,19,20). The topological polar surface area (TPSA) is 67.1 Å². The summed E-state index contributed by atoms with van der Waals surface area (Å²) < 4.78 is 0. The highest BCUT2D eigenvalue weighted by Gasteiger charge is 2.36. The fourth-order valence-electron chi connectivity index (χ4n) is 4.02. The van der Waals surface area contributed by atoms with Crippen molar-refractivity contribution in [1.29, 1.82) is 0 Å². The summed E-state index contributed by atoms with van der Waals surface area (Å²) in [7, 11) is 0. The second-order valence-corrected chi connectivity index (χ2v) is 6.43. The zero-order chi connectivity index (χ0) is 14.8. The number of anilines is 2. The predicted octanol–water partition coefficient (Wildman–Crippen LogP) is 2.79. The van der Waals surface area contributed by atoms with Crippen LogP contribution < -0.4 is 16.2 Å². The molecule has 2 aliphatic rings. The lowest BCUT2D eigenvalue weighted by Gasteiger charge is -2.39. The average molecular weight is 289 g/mol. The van der Waals surface area contributed by atoms with E-state index in [1.165, 1.54) is 32.1 Å². The van der Waals surface area contributed by atoms with Gasteiger partial charge in [-0.05, 0) is 44.9 Å². The van der Waals surface area contributed by atoms with E-state index in [0.29, 0.717) is 6.04 Å². The molecule has 1 aromatic rings. The van der Waals surface area contributed by atoms with Gasteiger partial charge in [0.25, 0.3) is 0 Å². The van der Waals surface area contributed by atoms with E-state index in [2.05, 4.69) is 29.2 Å². The number of fused-ring (bicyclic) bond motifs is 1. The quantitative estimate of drug-likeness (QED) is 0.659. The Kier molecular flexibility index (Phi) is 4.29. The molecule has 1 saturated heterocycles. The normalized spacial score (nSPS) is 25.0. The highest BCUT2D eigenvalue weighted by molar-refractivity contribution is 5.59. The smallest absolute Gasteiger partial charge is 0.148 e. The average Bonchev–Trinajstić information content (AvgIpc) is 2.97. The Morgan fingerprint density at radius 2 is 2.05 bits per heavy atom. The van der Waals surface area contributed by atoms with Gasteiger partial charge < -0.3 is 10.3 Å². The molecule has 2 heterocycles. The number of hydrogen-bond acceptors (Lipinski definition) is 5. The Labute approximate surface area is 127 Å². The second-order valence-electron chi connectivity index (χ2n) is 6.43. The predicted molar refractivity (Wildman–Crippen MR) is 86.3 cm³/mol. The van der Waals surface area contributed by atoms with Crippen molar-refractivity contribution in [2.45, 2.75) is 64.8 Å². The molecule has 3 rings (SSSR count). The monoisotopic (exact) mass is 289 g/mol. The van der Waals surface area contributed by atoms with Crippen LogP contribution in [-0.4, -0.2) is 22.6 Å². The Bertz CT molecular complexity index is 502. The van der Waals surface area contributed by atoms with E-state index in [1.54, 1.807) is 0 Å². The first-order chi connectivity index (χ1) is 10.2. The van der Waals surface area contributed by atoms with Crippen molar-refractivity contribution < 1.29 is 0 Å². The molecular weight excluding hydrogens is 262 g/mol. The summed E-state index contributed by atoms with van der Waals surface area (Å²) in [6.45, 7) is 5.36. The summed E-state index contributed by atoms with van der Waals surface area (Å²) in [6.07, 6.45) is 8.67. The summed E-state index contributed by atoms with van der Waals surface area (Å²) in [6, 6.07) is 0.674. The van der Waals surface area contributed by atoms with Crippen LogP contribution in [0.3, 0.4) is 0 Å². The molecule has 0 amide bonds. The van der Waals surface area contributed by atoms with Crippen LogP contribution in [-0.2, 0) is 6.42 Å². The molecule has 0 radical (unpaired) electrons. The highest BCUT2D eigenvalue weighted by Crippen LogP contribution is 2.40. The van der Waals surface area contributed by atoms with Crippen molar-refractivity contribution in [3.63, 3.8) is 0 Å². The van der Waals surface area contributed by atoms with Crippen LogP contribution in [0, 0.1) is 12.8 Å². The van der Waals surface area contributed by atoms with Gasteiger partial charge in [-0.15, -0.1) is 0 Å². The molecular formula is C16H27N5. The number of hydrazine groups is 1. The summed E-state index contributed by atoms with van der Waals surface area (Å²) in [5.41, 5.74) is 3.84. The van der Waals surface area contributed by atoms with Gasteiger partial charge >= 0.3 is 0 Å². The molecule has 5 nitrogen and oxygen atoms in total. The van der Waals surface area contributed by atoms with Gasteiger partial charge in [-0.1, -0.05) is 13.3 Å². The molecule has 0 aromatic carbocycles. The molecule has 1 aliphatic heterocycles. The van der Waals surface area contributed by atoms with Gasteiger partial charge in [0.05, 0.1) is 0 Å². The van der Waals surface area contributed by atoms with Gasteiger partial charge in [-0.3, -0.25) is 0 Å². The molecule has 2 atom stereocenters. The van der Waals surface area contributed by atoms with Crippen molar-refractivity contribution in [1.82, 2.24) is 9.97 Å². The lowest BCUT2D eigenvalue weighted by atomic mass is 9.91. The lowest BCUT2D eigenvalue weighted by Crippen LogP contribution is -2.43. The molecule has 1 aromatic heterocycles. The maximum Gasteiger partial charge on any atom is 0.148 e. The number of hydrogen-bond donors (Lipinski definition) is 2. The Hall–Kier alpha value is -1.36. The highest BCUT2D eigenvalue weighted by atomic mass is 15.3. The van der Waals surface area contributed by atoms with E-state index in [1.807, 2.05) is 0 Å². The minimum Gasteiger partial charge on any atom is -0.353 e. The summed E-state index contributed by atoms with van der Waals surface area (Å²) in [5, 5.41) is 0. The van der Waals surface area contributed by atoms with Crippen molar-refractivity contribution in [2.75, 3.05) is 16.9 Å². The van der Waals surface area contributed by atoms with Gasteiger partial charge in [0.15, 0.2) is 0 Å². The Balaban J connectivity index is 1.97. The molecule has 3 N–H and O–H groups in total.